The first-order valence-corrected chi connectivity index (χ1v) is 10.6. The molecule has 0 aliphatic carbocycles. The van der Waals surface area contributed by atoms with E-state index in [1.54, 1.807) is 27.7 Å². The molecule has 0 saturated carbocycles. The summed E-state index contributed by atoms with van der Waals surface area (Å²) in [5.74, 6) is -1.31. The average Bonchev–Trinajstić information content (AvgIpc) is 3.03. The number of rotatable bonds is 9. The number of carbonyl (C=O) groups is 2. The molecule has 1 amide bonds. The van der Waals surface area contributed by atoms with Gasteiger partial charge >= 0.3 is 12.1 Å². The van der Waals surface area contributed by atoms with Crippen LogP contribution in [-0.4, -0.2) is 54.9 Å². The van der Waals surface area contributed by atoms with E-state index in [2.05, 4.69) is 5.32 Å². The second-order valence-electron chi connectivity index (χ2n) is 8.89. The quantitative estimate of drug-likeness (QED) is 0.591. The van der Waals surface area contributed by atoms with Crippen LogP contribution >= 0.6 is 0 Å². The first kappa shape index (κ1) is 25.1. The minimum absolute atomic E-state index is 0.148. The summed E-state index contributed by atoms with van der Waals surface area (Å²) in [6.07, 6.45) is -1.48. The highest BCUT2D eigenvalue weighted by Gasteiger charge is 2.40. The number of carbonyl (C=O) groups excluding carboxylic acids is 2. The Balaban J connectivity index is 2.15. The summed E-state index contributed by atoms with van der Waals surface area (Å²) in [4.78, 5) is 24.9. The average molecular weight is 438 g/mol. The van der Waals surface area contributed by atoms with Crippen LogP contribution in [0.25, 0.3) is 0 Å². The van der Waals surface area contributed by atoms with Crippen molar-refractivity contribution < 1.29 is 33.3 Å². The molecule has 0 unspecified atom stereocenters. The smallest absolute Gasteiger partial charge is 0.408 e. The predicted molar refractivity (Wildman–Crippen MR) is 114 cm³/mol. The Kier molecular flexibility index (Phi) is 8.85. The summed E-state index contributed by atoms with van der Waals surface area (Å²) >= 11 is 0. The van der Waals surface area contributed by atoms with Gasteiger partial charge in [-0.15, -0.1) is 0 Å². The van der Waals surface area contributed by atoms with Crippen LogP contribution in [0.5, 0.6) is 0 Å². The molecule has 174 valence electrons. The molecule has 8 heteroatoms. The molecule has 0 radical (unpaired) electrons. The van der Waals surface area contributed by atoms with Gasteiger partial charge in [0.15, 0.2) is 5.79 Å². The molecule has 1 aromatic carbocycles. The predicted octanol–water partition coefficient (Wildman–Crippen LogP) is 3.57. The maximum Gasteiger partial charge on any atom is 0.408 e. The Labute approximate surface area is 184 Å². The van der Waals surface area contributed by atoms with E-state index in [4.69, 9.17) is 23.7 Å². The molecule has 0 spiro atoms. The van der Waals surface area contributed by atoms with Crippen LogP contribution in [0, 0.1) is 0 Å². The normalized spacial score (nSPS) is 20.0. The first-order chi connectivity index (χ1) is 14.5. The Morgan fingerprint density at radius 1 is 1.23 bits per heavy atom. The standard InChI is InChI=1S/C23H35NO7/c1-7-27-20(25)17(24-21(26)31-22(2,3)4)13-18(19-15-29-23(5,6)30-19)28-14-16-11-9-8-10-12-16/h8-12,17-19H,7,13-15H2,1-6H3,(H,24,26)/t17-,18-,19-/m0/s1. The van der Waals surface area contributed by atoms with Gasteiger partial charge in [0.1, 0.15) is 17.7 Å². The van der Waals surface area contributed by atoms with Crippen LogP contribution in [-0.2, 0) is 35.1 Å². The first-order valence-electron chi connectivity index (χ1n) is 10.6. The Morgan fingerprint density at radius 2 is 1.90 bits per heavy atom. The fourth-order valence-corrected chi connectivity index (χ4v) is 3.14. The fourth-order valence-electron chi connectivity index (χ4n) is 3.14. The van der Waals surface area contributed by atoms with Gasteiger partial charge in [0.2, 0.25) is 0 Å². The molecule has 1 saturated heterocycles. The third kappa shape index (κ3) is 8.85. The zero-order valence-electron chi connectivity index (χ0n) is 19.3. The monoisotopic (exact) mass is 437 g/mol. The summed E-state index contributed by atoms with van der Waals surface area (Å²) in [5, 5.41) is 2.62. The molecular formula is C23H35NO7. The summed E-state index contributed by atoms with van der Waals surface area (Å²) in [5.41, 5.74) is 0.289. The van der Waals surface area contributed by atoms with Gasteiger partial charge in [0.25, 0.3) is 0 Å². The molecule has 1 heterocycles. The van der Waals surface area contributed by atoms with Crippen LogP contribution in [0.4, 0.5) is 4.79 Å². The lowest BCUT2D eigenvalue weighted by Gasteiger charge is -2.28. The molecule has 2 rings (SSSR count). The molecular weight excluding hydrogens is 402 g/mol. The van der Waals surface area contributed by atoms with Crippen molar-refractivity contribution >= 4 is 12.1 Å². The van der Waals surface area contributed by atoms with Crippen LogP contribution in [0.1, 0.15) is 53.5 Å². The number of ether oxygens (including phenoxy) is 5. The molecule has 1 N–H and O–H groups in total. The summed E-state index contributed by atoms with van der Waals surface area (Å²) in [7, 11) is 0. The van der Waals surface area contributed by atoms with Crippen molar-refractivity contribution in [2.75, 3.05) is 13.2 Å². The number of benzene rings is 1. The van der Waals surface area contributed by atoms with E-state index >= 15 is 0 Å². The molecule has 8 nitrogen and oxygen atoms in total. The van der Waals surface area contributed by atoms with Crippen LogP contribution < -0.4 is 5.32 Å². The Bertz CT molecular complexity index is 714. The highest BCUT2D eigenvalue weighted by atomic mass is 16.7. The van der Waals surface area contributed by atoms with Crippen LogP contribution in [0.2, 0.25) is 0 Å². The summed E-state index contributed by atoms with van der Waals surface area (Å²) in [6, 6.07) is 8.74. The number of hydrogen-bond donors (Lipinski definition) is 1. The number of amides is 1. The van der Waals surface area contributed by atoms with E-state index in [1.807, 2.05) is 44.2 Å². The van der Waals surface area contributed by atoms with Crippen molar-refractivity contribution in [1.82, 2.24) is 5.32 Å². The van der Waals surface area contributed by atoms with E-state index in [0.29, 0.717) is 13.2 Å². The second kappa shape index (κ2) is 10.9. The Morgan fingerprint density at radius 3 is 2.45 bits per heavy atom. The summed E-state index contributed by atoms with van der Waals surface area (Å²) in [6.45, 7) is 11.4. The van der Waals surface area contributed by atoms with Crippen molar-refractivity contribution in [3.63, 3.8) is 0 Å². The molecule has 1 aliphatic rings. The third-order valence-electron chi connectivity index (χ3n) is 4.48. The van der Waals surface area contributed by atoms with Gasteiger partial charge < -0.3 is 29.0 Å². The lowest BCUT2D eigenvalue weighted by atomic mass is 10.0. The number of nitrogens with one attached hydrogen (secondary N) is 1. The van der Waals surface area contributed by atoms with Gasteiger partial charge in [-0.05, 0) is 47.1 Å². The lowest BCUT2D eigenvalue weighted by Crippen LogP contribution is -2.48. The minimum atomic E-state index is -0.956. The van der Waals surface area contributed by atoms with Gasteiger partial charge in [0, 0.05) is 6.42 Å². The van der Waals surface area contributed by atoms with Crippen molar-refractivity contribution in [2.24, 2.45) is 0 Å². The van der Waals surface area contributed by atoms with Crippen LogP contribution in [0.3, 0.4) is 0 Å². The second-order valence-corrected chi connectivity index (χ2v) is 8.89. The van der Waals surface area contributed by atoms with Crippen molar-refractivity contribution in [3.05, 3.63) is 35.9 Å². The molecule has 0 aromatic heterocycles. The Hall–Kier alpha value is -2.16. The van der Waals surface area contributed by atoms with E-state index in [9.17, 15) is 9.59 Å². The van der Waals surface area contributed by atoms with Gasteiger partial charge in [-0.2, -0.15) is 0 Å². The fraction of sp³-hybridized carbons (Fsp3) is 0.652. The molecule has 1 aliphatic heterocycles. The number of hydrogen-bond acceptors (Lipinski definition) is 7. The van der Waals surface area contributed by atoms with Gasteiger partial charge in [-0.1, -0.05) is 30.3 Å². The van der Waals surface area contributed by atoms with Crippen molar-refractivity contribution in [1.29, 1.82) is 0 Å². The van der Waals surface area contributed by atoms with Crippen LogP contribution in [0.15, 0.2) is 30.3 Å². The highest BCUT2D eigenvalue weighted by Crippen LogP contribution is 2.28. The third-order valence-corrected chi connectivity index (χ3v) is 4.48. The van der Waals surface area contributed by atoms with E-state index in [1.165, 1.54) is 0 Å². The van der Waals surface area contributed by atoms with E-state index in [-0.39, 0.29) is 13.0 Å². The minimum Gasteiger partial charge on any atom is -0.464 e. The SMILES string of the molecule is CCOC(=O)[C@H](C[C@H](OCc1ccccc1)[C@@H]1COC(C)(C)O1)NC(=O)OC(C)(C)C. The van der Waals surface area contributed by atoms with Gasteiger partial charge in [0.05, 0.1) is 25.9 Å². The lowest BCUT2D eigenvalue weighted by molar-refractivity contribution is -0.162. The largest absolute Gasteiger partial charge is 0.464 e. The number of alkyl carbamates (subject to hydrolysis) is 1. The van der Waals surface area contributed by atoms with E-state index in [0.717, 1.165) is 5.56 Å². The maximum atomic E-state index is 12.6. The molecule has 1 fully saturated rings. The van der Waals surface area contributed by atoms with Gasteiger partial charge in [-0.3, -0.25) is 0 Å². The molecule has 3 atom stereocenters. The zero-order chi connectivity index (χ0) is 23.1. The van der Waals surface area contributed by atoms with Crippen molar-refractivity contribution in [2.45, 2.75) is 84.2 Å². The zero-order valence-corrected chi connectivity index (χ0v) is 19.3. The van der Waals surface area contributed by atoms with Gasteiger partial charge in [-0.25, -0.2) is 9.59 Å². The molecule has 1 aromatic rings. The summed E-state index contributed by atoms with van der Waals surface area (Å²) < 4.78 is 28.3. The number of esters is 1. The maximum absolute atomic E-state index is 12.6. The molecule has 31 heavy (non-hydrogen) atoms. The molecule has 0 bridgehead atoms. The van der Waals surface area contributed by atoms with E-state index < -0.39 is 41.7 Å². The highest BCUT2D eigenvalue weighted by molar-refractivity contribution is 5.81. The van der Waals surface area contributed by atoms with Crippen molar-refractivity contribution in [3.8, 4) is 0 Å². The topological polar surface area (TPSA) is 92.3 Å².